The molecule has 0 saturated heterocycles. The molecule has 1 atom stereocenters. The van der Waals surface area contributed by atoms with E-state index in [2.05, 4.69) is 29.6 Å². The highest BCUT2D eigenvalue weighted by Gasteiger charge is 2.11. The van der Waals surface area contributed by atoms with Crippen molar-refractivity contribution in [2.45, 2.75) is 19.5 Å². The summed E-state index contributed by atoms with van der Waals surface area (Å²) < 4.78 is 26.8. The van der Waals surface area contributed by atoms with Crippen LogP contribution >= 0.6 is 0 Å². The SMILES string of the molecule is CC(NCc1cccc(-c2ccccc2)c1)c1ccc(F)cc1F. The van der Waals surface area contributed by atoms with Crippen LogP contribution in [-0.4, -0.2) is 0 Å². The van der Waals surface area contributed by atoms with Crippen LogP contribution in [0.2, 0.25) is 0 Å². The zero-order chi connectivity index (χ0) is 16.9. The second-order valence-electron chi connectivity index (χ2n) is 5.83. The van der Waals surface area contributed by atoms with Crippen LogP contribution in [-0.2, 0) is 6.54 Å². The molecule has 0 heterocycles. The zero-order valence-corrected chi connectivity index (χ0v) is 13.5. The van der Waals surface area contributed by atoms with Crippen LogP contribution in [0.4, 0.5) is 8.78 Å². The third-order valence-electron chi connectivity index (χ3n) is 4.08. The molecule has 3 aromatic carbocycles. The van der Waals surface area contributed by atoms with Gasteiger partial charge in [0.1, 0.15) is 11.6 Å². The first-order valence-corrected chi connectivity index (χ1v) is 7.96. The number of hydrogen-bond acceptors (Lipinski definition) is 1. The fourth-order valence-corrected chi connectivity index (χ4v) is 2.73. The summed E-state index contributed by atoms with van der Waals surface area (Å²) in [6.07, 6.45) is 0. The first-order valence-electron chi connectivity index (χ1n) is 7.96. The molecule has 0 bridgehead atoms. The molecule has 1 nitrogen and oxygen atoms in total. The monoisotopic (exact) mass is 323 g/mol. The summed E-state index contributed by atoms with van der Waals surface area (Å²) in [7, 11) is 0. The molecule has 3 aromatic rings. The third-order valence-corrected chi connectivity index (χ3v) is 4.08. The van der Waals surface area contributed by atoms with E-state index in [-0.39, 0.29) is 6.04 Å². The van der Waals surface area contributed by atoms with E-state index < -0.39 is 11.6 Å². The minimum absolute atomic E-state index is 0.203. The smallest absolute Gasteiger partial charge is 0.130 e. The lowest BCUT2D eigenvalue weighted by molar-refractivity contribution is 0.518. The molecule has 0 saturated carbocycles. The standard InChI is InChI=1S/C21H19F2N/c1-15(20-11-10-19(22)13-21(20)23)24-14-16-6-5-9-18(12-16)17-7-3-2-4-8-17/h2-13,15,24H,14H2,1H3. The van der Waals surface area contributed by atoms with Gasteiger partial charge in [0, 0.05) is 24.2 Å². The predicted octanol–water partition coefficient (Wildman–Crippen LogP) is 5.48. The highest BCUT2D eigenvalue weighted by atomic mass is 19.1. The van der Waals surface area contributed by atoms with E-state index in [1.165, 1.54) is 12.1 Å². The van der Waals surface area contributed by atoms with Crippen LogP contribution in [0.5, 0.6) is 0 Å². The van der Waals surface area contributed by atoms with E-state index in [9.17, 15) is 8.78 Å². The van der Waals surface area contributed by atoms with Crippen molar-refractivity contribution in [3.63, 3.8) is 0 Å². The summed E-state index contributed by atoms with van der Waals surface area (Å²) >= 11 is 0. The molecule has 0 aromatic heterocycles. The quantitative estimate of drug-likeness (QED) is 0.655. The minimum Gasteiger partial charge on any atom is -0.306 e. The molecule has 1 N–H and O–H groups in total. The number of nitrogens with one attached hydrogen (secondary N) is 1. The molecule has 122 valence electrons. The van der Waals surface area contributed by atoms with Gasteiger partial charge < -0.3 is 5.32 Å². The average molecular weight is 323 g/mol. The van der Waals surface area contributed by atoms with Gasteiger partial charge >= 0.3 is 0 Å². The first-order chi connectivity index (χ1) is 11.6. The highest BCUT2D eigenvalue weighted by Crippen LogP contribution is 2.21. The van der Waals surface area contributed by atoms with Crippen LogP contribution in [0, 0.1) is 11.6 Å². The molecule has 0 aliphatic rings. The number of benzene rings is 3. The summed E-state index contributed by atoms with van der Waals surface area (Å²) in [6.45, 7) is 2.48. The average Bonchev–Trinajstić information content (AvgIpc) is 2.61. The van der Waals surface area contributed by atoms with Crippen molar-refractivity contribution < 1.29 is 8.78 Å². The molecule has 0 aliphatic heterocycles. The lowest BCUT2D eigenvalue weighted by atomic mass is 10.0. The molecule has 0 amide bonds. The maximum Gasteiger partial charge on any atom is 0.130 e. The van der Waals surface area contributed by atoms with Gasteiger partial charge in [0.25, 0.3) is 0 Å². The molecule has 3 heteroatoms. The molecule has 1 unspecified atom stereocenters. The van der Waals surface area contributed by atoms with E-state index in [4.69, 9.17) is 0 Å². The Hall–Kier alpha value is -2.52. The van der Waals surface area contributed by atoms with Crippen LogP contribution < -0.4 is 5.32 Å². The zero-order valence-electron chi connectivity index (χ0n) is 13.5. The molecule has 24 heavy (non-hydrogen) atoms. The van der Waals surface area contributed by atoms with E-state index >= 15 is 0 Å². The van der Waals surface area contributed by atoms with E-state index in [1.54, 1.807) is 0 Å². The number of hydrogen-bond donors (Lipinski definition) is 1. The molecular weight excluding hydrogens is 304 g/mol. The summed E-state index contributed by atoms with van der Waals surface area (Å²) in [4.78, 5) is 0. The second kappa shape index (κ2) is 7.37. The van der Waals surface area contributed by atoms with E-state index in [0.717, 1.165) is 22.8 Å². The van der Waals surface area contributed by atoms with Gasteiger partial charge in [-0.1, -0.05) is 54.6 Å². The van der Waals surface area contributed by atoms with Gasteiger partial charge in [-0.25, -0.2) is 8.78 Å². The molecule has 3 rings (SSSR count). The minimum atomic E-state index is -0.556. The molecular formula is C21H19F2N. The molecule has 0 radical (unpaired) electrons. The number of halogens is 2. The summed E-state index contributed by atoms with van der Waals surface area (Å²) in [5.41, 5.74) is 3.90. The summed E-state index contributed by atoms with van der Waals surface area (Å²) in [6, 6.07) is 21.9. The molecule has 0 spiro atoms. The van der Waals surface area contributed by atoms with Gasteiger partial charge in [0.2, 0.25) is 0 Å². The van der Waals surface area contributed by atoms with Crippen molar-refractivity contribution >= 4 is 0 Å². The van der Waals surface area contributed by atoms with Gasteiger partial charge in [-0.3, -0.25) is 0 Å². The van der Waals surface area contributed by atoms with Crippen molar-refractivity contribution in [3.8, 4) is 11.1 Å². The van der Waals surface area contributed by atoms with Gasteiger partial charge in [0.05, 0.1) is 0 Å². The van der Waals surface area contributed by atoms with Gasteiger partial charge in [-0.05, 0) is 35.7 Å². The largest absolute Gasteiger partial charge is 0.306 e. The Morgan fingerprint density at radius 3 is 2.33 bits per heavy atom. The van der Waals surface area contributed by atoms with Gasteiger partial charge in [0.15, 0.2) is 0 Å². The lowest BCUT2D eigenvalue weighted by Gasteiger charge is -2.15. The molecule has 0 fully saturated rings. The Kier molecular flexibility index (Phi) is 5.02. The van der Waals surface area contributed by atoms with Crippen molar-refractivity contribution in [2.75, 3.05) is 0 Å². The van der Waals surface area contributed by atoms with Gasteiger partial charge in [-0.2, -0.15) is 0 Å². The topological polar surface area (TPSA) is 12.0 Å². The Morgan fingerprint density at radius 1 is 0.833 bits per heavy atom. The van der Waals surface area contributed by atoms with Crippen LogP contribution in [0.1, 0.15) is 24.1 Å². The van der Waals surface area contributed by atoms with E-state index in [0.29, 0.717) is 12.1 Å². The van der Waals surface area contributed by atoms with Gasteiger partial charge in [-0.15, -0.1) is 0 Å². The van der Waals surface area contributed by atoms with Crippen LogP contribution in [0.15, 0.2) is 72.8 Å². The normalized spacial score (nSPS) is 12.1. The first kappa shape index (κ1) is 16.3. The van der Waals surface area contributed by atoms with Crippen molar-refractivity contribution in [1.29, 1.82) is 0 Å². The van der Waals surface area contributed by atoms with E-state index in [1.807, 2.05) is 37.3 Å². The third kappa shape index (κ3) is 3.87. The Labute approximate surface area is 141 Å². The maximum absolute atomic E-state index is 13.8. The Morgan fingerprint density at radius 2 is 1.58 bits per heavy atom. The van der Waals surface area contributed by atoms with Crippen molar-refractivity contribution in [2.24, 2.45) is 0 Å². The second-order valence-corrected chi connectivity index (χ2v) is 5.83. The summed E-state index contributed by atoms with van der Waals surface area (Å²) in [5, 5.41) is 3.29. The maximum atomic E-state index is 13.8. The molecule has 0 aliphatic carbocycles. The predicted molar refractivity (Wildman–Crippen MR) is 93.5 cm³/mol. The van der Waals surface area contributed by atoms with Crippen molar-refractivity contribution in [1.82, 2.24) is 5.32 Å². The van der Waals surface area contributed by atoms with Crippen LogP contribution in [0.3, 0.4) is 0 Å². The fraction of sp³-hybridized carbons (Fsp3) is 0.143. The highest BCUT2D eigenvalue weighted by molar-refractivity contribution is 5.63. The summed E-state index contributed by atoms with van der Waals surface area (Å²) in [5.74, 6) is -1.08. The van der Waals surface area contributed by atoms with Crippen molar-refractivity contribution in [3.05, 3.63) is 95.6 Å². The van der Waals surface area contributed by atoms with Crippen LogP contribution in [0.25, 0.3) is 11.1 Å². The fourth-order valence-electron chi connectivity index (χ4n) is 2.73. The number of rotatable bonds is 5. The Bertz CT molecular complexity index is 815. The Balaban J connectivity index is 1.70. The lowest BCUT2D eigenvalue weighted by Crippen LogP contribution is -2.19.